The van der Waals surface area contributed by atoms with Gasteiger partial charge in [0, 0.05) is 22.5 Å². The van der Waals surface area contributed by atoms with Crippen molar-refractivity contribution in [3.05, 3.63) is 85.8 Å². The van der Waals surface area contributed by atoms with Crippen LogP contribution in [0.15, 0.2) is 54.7 Å². The summed E-state index contributed by atoms with van der Waals surface area (Å²) in [5, 5.41) is 10.9. The van der Waals surface area contributed by atoms with Gasteiger partial charge in [-0.15, -0.1) is 11.3 Å². The minimum absolute atomic E-state index is 0.00304. The number of carbonyl (C=O) groups is 2. The van der Waals surface area contributed by atoms with Crippen LogP contribution in [0.25, 0.3) is 0 Å². The molecule has 0 spiro atoms. The number of halogens is 2. The molecule has 2 aromatic carbocycles. The highest BCUT2D eigenvalue weighted by Crippen LogP contribution is 2.51. The molecule has 2 aliphatic rings. The lowest BCUT2D eigenvalue weighted by molar-refractivity contribution is -0.202. The lowest BCUT2D eigenvalue weighted by Gasteiger charge is -2.52. The predicted octanol–water partition coefficient (Wildman–Crippen LogP) is 6.78. The maximum atomic E-state index is 14.8. The third kappa shape index (κ3) is 6.63. The molecular weight excluding hydrogens is 631 g/mol. The maximum Gasteiger partial charge on any atom is 0.347 e. The first-order valence-electron chi connectivity index (χ1n) is 14.0. The molecule has 1 N–H and O–H groups in total. The second kappa shape index (κ2) is 11.8. The summed E-state index contributed by atoms with van der Waals surface area (Å²) in [7, 11) is -3.63. The minimum Gasteiger partial charge on any atom is -0.477 e. The van der Waals surface area contributed by atoms with Gasteiger partial charge in [-0.1, -0.05) is 47.5 Å². The van der Waals surface area contributed by atoms with Gasteiger partial charge in [0.1, 0.15) is 11.0 Å². The number of rotatable bonds is 9. The van der Waals surface area contributed by atoms with Crippen LogP contribution in [0.1, 0.15) is 78.5 Å². The van der Waals surface area contributed by atoms with Crippen molar-refractivity contribution < 1.29 is 27.9 Å². The Labute approximate surface area is 265 Å². The number of carbonyl (C=O) groups excluding carboxylic acids is 1. The number of amides is 1. The fraction of sp³-hybridized carbons (Fsp3) is 0.452. The second-order valence-electron chi connectivity index (χ2n) is 12.4. The van der Waals surface area contributed by atoms with Crippen molar-refractivity contribution in [2.24, 2.45) is 5.92 Å². The highest BCUT2D eigenvalue weighted by atomic mass is 35.5. The van der Waals surface area contributed by atoms with E-state index in [1.54, 1.807) is 62.9 Å². The van der Waals surface area contributed by atoms with Crippen molar-refractivity contribution in [1.29, 1.82) is 0 Å². The summed E-state index contributed by atoms with van der Waals surface area (Å²) in [6.07, 6.45) is 2.14. The van der Waals surface area contributed by atoms with Gasteiger partial charge in [-0.3, -0.25) is 4.79 Å². The first-order valence-corrected chi connectivity index (χ1v) is 17.2. The molecule has 1 aliphatic carbocycles. The van der Waals surface area contributed by atoms with Crippen LogP contribution in [0.4, 0.5) is 0 Å². The third-order valence-corrected chi connectivity index (χ3v) is 12.3. The zero-order chi connectivity index (χ0) is 31.3. The Morgan fingerprint density at radius 3 is 2.37 bits per heavy atom. The van der Waals surface area contributed by atoms with Gasteiger partial charge in [0.25, 0.3) is 5.91 Å². The number of carboxylic acid groups (broad SMARTS) is 1. The molecule has 43 heavy (non-hydrogen) atoms. The van der Waals surface area contributed by atoms with Crippen molar-refractivity contribution in [3.63, 3.8) is 0 Å². The van der Waals surface area contributed by atoms with Gasteiger partial charge in [-0.25, -0.2) is 18.2 Å². The summed E-state index contributed by atoms with van der Waals surface area (Å²) >= 11 is 13.7. The number of nitrogens with zero attached hydrogens (tertiary/aromatic N) is 2. The van der Waals surface area contributed by atoms with E-state index in [-0.39, 0.29) is 28.9 Å². The molecule has 1 aliphatic heterocycles. The van der Waals surface area contributed by atoms with Crippen LogP contribution in [0.3, 0.4) is 0 Å². The average molecular weight is 666 g/mol. The number of thiazole rings is 1. The van der Waals surface area contributed by atoms with Crippen LogP contribution in [0.5, 0.6) is 0 Å². The topological polar surface area (TPSA) is 114 Å². The van der Waals surface area contributed by atoms with Crippen molar-refractivity contribution in [1.82, 2.24) is 9.88 Å². The van der Waals surface area contributed by atoms with E-state index in [0.717, 1.165) is 35.3 Å². The van der Waals surface area contributed by atoms with Crippen LogP contribution < -0.4 is 0 Å². The molecule has 5 rings (SSSR count). The molecule has 0 bridgehead atoms. The number of carboxylic acids is 1. The van der Waals surface area contributed by atoms with Gasteiger partial charge < -0.3 is 14.7 Å². The van der Waals surface area contributed by atoms with Crippen molar-refractivity contribution in [2.75, 3.05) is 5.75 Å². The molecule has 1 saturated heterocycles. The van der Waals surface area contributed by atoms with Crippen LogP contribution in [0.2, 0.25) is 10.0 Å². The Balaban J connectivity index is 1.69. The van der Waals surface area contributed by atoms with Gasteiger partial charge in [0.15, 0.2) is 15.4 Å². The Morgan fingerprint density at radius 1 is 1.14 bits per heavy atom. The third-order valence-electron chi connectivity index (χ3n) is 8.15. The minimum atomic E-state index is -3.63. The molecule has 2 heterocycles. The van der Waals surface area contributed by atoms with Gasteiger partial charge >= 0.3 is 5.97 Å². The van der Waals surface area contributed by atoms with E-state index >= 15 is 0 Å². The van der Waals surface area contributed by atoms with Crippen LogP contribution in [-0.2, 0) is 25.8 Å². The molecular formula is C31H34Cl2N2O6S2. The molecule has 2 fully saturated rings. The molecule has 0 radical (unpaired) electrons. The number of aromatic carboxylic acids is 1. The molecule has 230 valence electrons. The lowest BCUT2D eigenvalue weighted by Crippen LogP contribution is -2.62. The fourth-order valence-corrected chi connectivity index (χ4v) is 8.13. The Kier molecular flexibility index (Phi) is 8.74. The largest absolute Gasteiger partial charge is 0.477 e. The van der Waals surface area contributed by atoms with E-state index < -0.39 is 44.3 Å². The Morgan fingerprint density at radius 2 is 1.81 bits per heavy atom. The summed E-state index contributed by atoms with van der Waals surface area (Å²) < 4.78 is 33.1. The average Bonchev–Trinajstić information content (AvgIpc) is 3.66. The summed E-state index contributed by atoms with van der Waals surface area (Å²) in [6.45, 7) is 6.69. The van der Waals surface area contributed by atoms with E-state index in [4.69, 9.17) is 27.9 Å². The van der Waals surface area contributed by atoms with Crippen molar-refractivity contribution in [3.8, 4) is 0 Å². The Bertz CT molecular complexity index is 1630. The van der Waals surface area contributed by atoms with Crippen LogP contribution in [-0.4, -0.2) is 57.4 Å². The SMILES string of the molecule is CC(C)(C)S(=O)(=O)CC(C1CC1)N1C(=O)[C@@](C)(Cc2ncc(C(=O)O)s2)O[C@H](c2cccc(Cl)c2)C1c1ccc(Cl)cc1. The molecule has 2 unspecified atom stereocenters. The van der Waals surface area contributed by atoms with Crippen LogP contribution >= 0.6 is 34.5 Å². The smallest absolute Gasteiger partial charge is 0.347 e. The summed E-state index contributed by atoms with van der Waals surface area (Å²) in [6, 6.07) is 13.0. The number of benzene rings is 2. The molecule has 4 atom stereocenters. The molecule has 8 nitrogen and oxygen atoms in total. The second-order valence-corrected chi connectivity index (χ2v) is 17.2. The van der Waals surface area contributed by atoms with E-state index in [2.05, 4.69) is 4.98 Å². The van der Waals surface area contributed by atoms with E-state index in [1.807, 2.05) is 18.2 Å². The van der Waals surface area contributed by atoms with Gasteiger partial charge in [-0.05, 0) is 81.8 Å². The lowest BCUT2D eigenvalue weighted by atomic mass is 9.85. The predicted molar refractivity (Wildman–Crippen MR) is 168 cm³/mol. The van der Waals surface area contributed by atoms with Gasteiger partial charge in [-0.2, -0.15) is 0 Å². The zero-order valence-corrected chi connectivity index (χ0v) is 27.4. The standard InChI is InChI=1S/C31H34Cl2N2O6S2/c1-30(2,3)43(39,40)17-23(18-8-9-18)35-26(19-10-12-21(32)13-11-19)27(20-6-5-7-22(33)14-20)41-31(4,29(35)38)15-25-34-16-24(42-25)28(36)37/h5-7,10-14,16,18,23,26-27H,8-9,15,17H2,1-4H3,(H,36,37)/t23?,26?,27-,31-/m1/s1. The molecule has 12 heteroatoms. The van der Waals surface area contributed by atoms with Crippen molar-refractivity contribution in [2.45, 2.75) is 75.5 Å². The molecule has 1 amide bonds. The number of sulfone groups is 1. The highest BCUT2D eigenvalue weighted by Gasteiger charge is 2.56. The zero-order valence-electron chi connectivity index (χ0n) is 24.3. The number of ether oxygens (including phenoxy) is 1. The van der Waals surface area contributed by atoms with Crippen LogP contribution in [0, 0.1) is 5.92 Å². The van der Waals surface area contributed by atoms with E-state index in [9.17, 15) is 23.1 Å². The first kappa shape index (κ1) is 31.9. The number of morpholine rings is 1. The molecule has 3 aromatic rings. The summed E-state index contributed by atoms with van der Waals surface area (Å²) in [4.78, 5) is 32.4. The summed E-state index contributed by atoms with van der Waals surface area (Å²) in [5.74, 6) is -1.68. The molecule has 1 saturated carbocycles. The summed E-state index contributed by atoms with van der Waals surface area (Å²) in [5.41, 5.74) is -0.0249. The normalized spacial score (nSPS) is 23.8. The first-order chi connectivity index (χ1) is 20.1. The van der Waals surface area contributed by atoms with Gasteiger partial charge in [0.2, 0.25) is 0 Å². The fourth-order valence-electron chi connectivity index (χ4n) is 5.52. The number of hydrogen-bond acceptors (Lipinski definition) is 7. The highest BCUT2D eigenvalue weighted by molar-refractivity contribution is 7.92. The quantitative estimate of drug-likeness (QED) is 0.268. The van der Waals surface area contributed by atoms with Crippen molar-refractivity contribution >= 4 is 56.3 Å². The van der Waals surface area contributed by atoms with E-state index in [1.165, 1.54) is 6.20 Å². The van der Waals surface area contributed by atoms with E-state index in [0.29, 0.717) is 15.1 Å². The molecule has 1 aromatic heterocycles. The number of aromatic nitrogens is 1. The monoisotopic (exact) mass is 664 g/mol. The van der Waals surface area contributed by atoms with Gasteiger partial charge in [0.05, 0.1) is 27.7 Å². The maximum absolute atomic E-state index is 14.8. The Hall–Kier alpha value is -2.50. The number of hydrogen-bond donors (Lipinski definition) is 1.